The van der Waals surface area contributed by atoms with E-state index in [0.29, 0.717) is 11.8 Å². The quantitative estimate of drug-likeness (QED) is 0.113. The summed E-state index contributed by atoms with van der Waals surface area (Å²) in [6, 6.07) is 26.6. The summed E-state index contributed by atoms with van der Waals surface area (Å²) in [7, 11) is 0. The van der Waals surface area contributed by atoms with E-state index in [-0.39, 0.29) is 55.6 Å². The number of aryl methyl sites for hydroxylation is 1. The van der Waals surface area contributed by atoms with E-state index in [1.807, 2.05) is 60.7 Å². The minimum Gasteiger partial charge on any atom is -0.811 e. The van der Waals surface area contributed by atoms with Crippen LogP contribution in [-0.2, 0) is 20.1 Å². The summed E-state index contributed by atoms with van der Waals surface area (Å²) in [6.45, 7) is 0.781. The Morgan fingerprint density at radius 3 is 2.52 bits per heavy atom. The Morgan fingerprint density at radius 2 is 1.88 bits per heavy atom. The van der Waals surface area contributed by atoms with Gasteiger partial charge in [0.25, 0.3) is 0 Å². The molecule has 4 heteroatoms. The first kappa shape index (κ1) is 17.3. The van der Waals surface area contributed by atoms with Gasteiger partial charge in [-0.05, 0) is 34.3 Å². The Labute approximate surface area is 223 Å². The normalized spacial score (nSPS) is 13.9. The molecule has 0 aliphatic rings. The number of pyridine rings is 1. The molecule has 0 radical (unpaired) electrons. The van der Waals surface area contributed by atoms with E-state index >= 15 is 0 Å². The molecule has 0 bridgehead atoms. The first-order chi connectivity index (χ1) is 18.6. The first-order valence-electron chi connectivity index (χ1n) is 13.1. The smallest absolute Gasteiger partial charge is 0.811 e. The van der Waals surface area contributed by atoms with E-state index in [1.54, 1.807) is 17.4 Å². The number of aromatic nitrogens is 1. The van der Waals surface area contributed by atoms with Gasteiger partial charge in [-0.25, -0.2) is 0 Å². The summed E-state index contributed by atoms with van der Waals surface area (Å²) >= 11 is 1.58. The molecule has 0 unspecified atom stereocenters. The van der Waals surface area contributed by atoms with Gasteiger partial charge in [0, 0.05) is 15.0 Å². The zero-order valence-electron chi connectivity index (χ0n) is 24.4. The average molecular weight is 631 g/mol. The van der Waals surface area contributed by atoms with Crippen LogP contribution < -0.4 is 0 Å². The second-order valence-electron chi connectivity index (χ2n) is 6.16. The van der Waals surface area contributed by atoms with Crippen molar-refractivity contribution in [2.24, 2.45) is 0 Å². The summed E-state index contributed by atoms with van der Waals surface area (Å²) in [5, 5.41) is 10.3. The van der Waals surface area contributed by atoms with Gasteiger partial charge in [-0.15, -0.1) is 23.8 Å². The van der Waals surface area contributed by atoms with Crippen LogP contribution in [0.15, 0.2) is 110 Å². The predicted octanol–water partition coefficient (Wildman–Crippen LogP) is 8.08. The summed E-state index contributed by atoms with van der Waals surface area (Å²) in [6.07, 6.45) is 2.93. The molecule has 0 saturated heterocycles. The van der Waals surface area contributed by atoms with E-state index in [2.05, 4.69) is 23.7 Å². The van der Waals surface area contributed by atoms with Gasteiger partial charge in [0.1, 0.15) is 0 Å². The van der Waals surface area contributed by atoms with E-state index in [4.69, 9.17) is 15.0 Å². The SMILES string of the molecule is [2H]/C(C=C)=C(\[2H])C=[N-].[2H]c1c(C([2H])([2H])[2H])cnc(-c2[c-]ccc3c2sc2ccccc23)c1[2H].[Ir+3].[c-]1ccccc1. The second-order valence-corrected chi connectivity index (χ2v) is 7.22. The van der Waals surface area contributed by atoms with E-state index in [1.165, 1.54) is 12.3 Å². The minimum absolute atomic E-state index is 0. The molecule has 5 rings (SSSR count). The van der Waals surface area contributed by atoms with Gasteiger partial charge >= 0.3 is 20.1 Å². The monoisotopic (exact) mass is 631 g/mol. The molecule has 0 saturated carbocycles. The molecule has 0 aliphatic heterocycles. The van der Waals surface area contributed by atoms with Crippen molar-refractivity contribution in [2.75, 3.05) is 0 Å². The molecule has 0 aliphatic carbocycles. The summed E-state index contributed by atoms with van der Waals surface area (Å²) in [5.41, 5.74) is 0.717. The van der Waals surface area contributed by atoms with Crippen molar-refractivity contribution in [3.63, 3.8) is 0 Å². The molecule has 164 valence electrons. The molecular formula is C29H23IrN2S. The molecule has 2 aromatic heterocycles. The Kier molecular flexibility index (Phi) is 7.39. The Balaban J connectivity index is 0.000000309. The number of benzene rings is 3. The maximum atomic E-state index is 8.25. The molecule has 0 amide bonds. The van der Waals surface area contributed by atoms with Gasteiger partial charge < -0.3 is 10.4 Å². The first-order valence-corrected chi connectivity index (χ1v) is 10.4. The zero-order valence-corrected chi connectivity index (χ0v) is 20.6. The van der Waals surface area contributed by atoms with Crippen LogP contribution in [0.4, 0.5) is 0 Å². The maximum absolute atomic E-state index is 8.25. The number of hydrogen-bond donors (Lipinski definition) is 0. The third kappa shape index (κ3) is 7.44. The van der Waals surface area contributed by atoms with Crippen LogP contribution in [0.3, 0.4) is 0 Å². The van der Waals surface area contributed by atoms with Crippen LogP contribution in [0, 0.1) is 19.0 Å². The molecule has 3 aromatic carbocycles. The molecular weight excluding hydrogens is 601 g/mol. The van der Waals surface area contributed by atoms with E-state index in [0.717, 1.165) is 20.2 Å². The van der Waals surface area contributed by atoms with Crippen molar-refractivity contribution in [1.82, 2.24) is 4.98 Å². The number of thiophene rings is 1. The predicted molar refractivity (Wildman–Crippen MR) is 140 cm³/mol. The van der Waals surface area contributed by atoms with Crippen molar-refractivity contribution >= 4 is 37.7 Å². The summed E-state index contributed by atoms with van der Waals surface area (Å²) < 4.78 is 54.3. The molecule has 0 N–H and O–H groups in total. The zero-order chi connectivity index (χ0) is 28.6. The Bertz CT molecular complexity index is 1590. The fourth-order valence-corrected chi connectivity index (χ4v) is 3.95. The standard InChI is InChI=1S/C18H12NS.C6H5.C5H6N.Ir/c1-12-9-10-16(19-11-12)15-7-4-6-14-13-5-2-3-8-17(13)20-18(14)15;1-2-4-6-5-3-1;1-2-3-4-5-6;/h2-6,8-11H,1H3;1-5H;2-5H,1H2;/q3*-1;+3/b;;4-3-;/i1D3,9D,10D;;3D,4D;. The second kappa shape index (κ2) is 14.1. The van der Waals surface area contributed by atoms with Gasteiger partial charge in [-0.2, -0.15) is 53.9 Å². The van der Waals surface area contributed by atoms with Crippen molar-refractivity contribution in [3.05, 3.63) is 133 Å². The van der Waals surface area contributed by atoms with Crippen molar-refractivity contribution in [2.45, 2.75) is 6.85 Å². The van der Waals surface area contributed by atoms with E-state index < -0.39 is 6.85 Å². The van der Waals surface area contributed by atoms with Crippen molar-refractivity contribution in [1.29, 1.82) is 0 Å². The third-order valence-corrected chi connectivity index (χ3v) is 5.27. The van der Waals surface area contributed by atoms with Gasteiger partial charge in [0.15, 0.2) is 0 Å². The van der Waals surface area contributed by atoms with Crippen LogP contribution in [-0.4, -0.2) is 11.2 Å². The van der Waals surface area contributed by atoms with Crippen LogP contribution in [0.5, 0.6) is 0 Å². The topological polar surface area (TPSA) is 35.2 Å². The van der Waals surface area contributed by atoms with Gasteiger partial charge in [0.2, 0.25) is 0 Å². The summed E-state index contributed by atoms with van der Waals surface area (Å²) in [5.74, 6) is 0. The fraction of sp³-hybridized carbons (Fsp3) is 0.0345. The molecule has 33 heavy (non-hydrogen) atoms. The van der Waals surface area contributed by atoms with Crippen molar-refractivity contribution < 1.29 is 29.7 Å². The van der Waals surface area contributed by atoms with Crippen LogP contribution in [0.1, 0.15) is 15.2 Å². The number of allylic oxidation sites excluding steroid dienone is 3. The molecule has 5 aromatic rings. The molecule has 0 atom stereocenters. The van der Waals surface area contributed by atoms with Crippen LogP contribution in [0.25, 0.3) is 36.8 Å². The third-order valence-electron chi connectivity index (χ3n) is 4.07. The van der Waals surface area contributed by atoms with Gasteiger partial charge in [-0.1, -0.05) is 60.4 Å². The average Bonchev–Trinajstić information content (AvgIpc) is 3.33. The molecule has 0 fully saturated rings. The Morgan fingerprint density at radius 1 is 1.06 bits per heavy atom. The molecule has 2 heterocycles. The molecule has 2 nitrogen and oxygen atoms in total. The minimum atomic E-state index is -2.45. The number of hydrogen-bond acceptors (Lipinski definition) is 2. The van der Waals surface area contributed by atoms with Crippen LogP contribution in [0.2, 0.25) is 0 Å². The number of rotatable bonds is 3. The fourth-order valence-electron chi connectivity index (χ4n) is 2.75. The largest absolute Gasteiger partial charge is 3.00 e. The Hall–Kier alpha value is -3.17. The van der Waals surface area contributed by atoms with E-state index in [9.17, 15) is 0 Å². The maximum Gasteiger partial charge on any atom is 3.00 e. The van der Waals surface area contributed by atoms with Crippen molar-refractivity contribution in [3.8, 4) is 11.3 Å². The number of fused-ring (bicyclic) bond motifs is 3. The van der Waals surface area contributed by atoms with Gasteiger partial charge in [0.05, 0.1) is 5.48 Å². The molecule has 0 spiro atoms. The van der Waals surface area contributed by atoms with Crippen LogP contribution >= 0.6 is 11.3 Å². The summed E-state index contributed by atoms with van der Waals surface area (Å²) in [4.78, 5) is 4.20. The van der Waals surface area contributed by atoms with Gasteiger partial charge in [-0.3, -0.25) is 0 Å². The number of nitrogens with zero attached hydrogens (tertiary/aromatic N) is 2.